The summed E-state index contributed by atoms with van der Waals surface area (Å²) in [7, 11) is 7.85. The van der Waals surface area contributed by atoms with E-state index in [1.54, 1.807) is 12.7 Å². The molecular weight excluding hydrogens is 350 g/mol. The molecule has 0 bridgehead atoms. The molecule has 156 valence electrons. The number of fused-ring (bicyclic) bond motifs is 5. The van der Waals surface area contributed by atoms with Gasteiger partial charge in [-0.1, -0.05) is 0 Å². The molecule has 0 aromatic rings. The molecule has 0 N–H and O–H groups in total. The Labute approximate surface area is 170 Å². The van der Waals surface area contributed by atoms with Crippen molar-refractivity contribution < 1.29 is 14.3 Å². The maximum Gasteiger partial charge on any atom is 0.139 e. The molecule has 0 aliphatic heterocycles. The summed E-state index contributed by atoms with van der Waals surface area (Å²) in [5.74, 6) is 5.08. The molecule has 5 atom stereocenters. The Balaban J connectivity index is 1.59. The predicted octanol–water partition coefficient (Wildman–Crippen LogP) is 4.56. The highest BCUT2D eigenvalue weighted by Gasteiger charge is 2.57. The summed E-state index contributed by atoms with van der Waals surface area (Å²) in [5.41, 5.74) is 1.51. The van der Waals surface area contributed by atoms with Crippen molar-refractivity contribution in [3.05, 3.63) is 23.2 Å². The number of allylic oxidation sites excluding steroid dienone is 2. The molecule has 4 aliphatic rings. The first-order valence-corrected chi connectivity index (χ1v) is 11.2. The molecule has 0 heterocycles. The molecule has 3 saturated carbocycles. The van der Waals surface area contributed by atoms with Crippen LogP contribution < -0.4 is 0 Å². The van der Waals surface area contributed by atoms with Crippen LogP contribution in [0.3, 0.4) is 0 Å². The van der Waals surface area contributed by atoms with Crippen molar-refractivity contribution in [2.75, 3.05) is 34.9 Å². The number of carbonyl (C=O) groups is 1. The van der Waals surface area contributed by atoms with Crippen LogP contribution in [-0.2, 0) is 14.3 Å². The highest BCUT2D eigenvalue weighted by atomic mass is 16.5. The van der Waals surface area contributed by atoms with E-state index in [-0.39, 0.29) is 5.41 Å². The third-order valence-electron chi connectivity index (χ3n) is 8.27. The SMILES string of the molecule is COC1=CC2CC[C@@H]3[C@H](CC[C@]4(CCCN(C)C)C(=O)CC[C@@H]34)C2=C(OC)C1. The number of hydrogen-bond acceptors (Lipinski definition) is 4. The van der Waals surface area contributed by atoms with Crippen molar-refractivity contribution in [3.8, 4) is 0 Å². The van der Waals surface area contributed by atoms with Gasteiger partial charge in [0.1, 0.15) is 11.5 Å². The van der Waals surface area contributed by atoms with Gasteiger partial charge in [-0.3, -0.25) is 4.79 Å². The van der Waals surface area contributed by atoms with Gasteiger partial charge in [0.2, 0.25) is 0 Å². The number of methoxy groups -OCH3 is 2. The minimum Gasteiger partial charge on any atom is -0.501 e. The zero-order valence-electron chi connectivity index (χ0n) is 18.1. The van der Waals surface area contributed by atoms with Crippen molar-refractivity contribution in [1.29, 1.82) is 0 Å². The van der Waals surface area contributed by atoms with Crippen LogP contribution in [0.15, 0.2) is 23.2 Å². The number of ketones is 1. The number of ether oxygens (including phenoxy) is 2. The van der Waals surface area contributed by atoms with Gasteiger partial charge in [0, 0.05) is 17.8 Å². The van der Waals surface area contributed by atoms with E-state index in [1.807, 2.05) is 7.11 Å². The minimum absolute atomic E-state index is 0.0278. The summed E-state index contributed by atoms with van der Waals surface area (Å²) in [6, 6.07) is 0. The van der Waals surface area contributed by atoms with Crippen LogP contribution in [0.1, 0.15) is 57.8 Å². The summed E-state index contributed by atoms with van der Waals surface area (Å²) < 4.78 is 11.4. The van der Waals surface area contributed by atoms with Crippen molar-refractivity contribution in [3.63, 3.8) is 0 Å². The summed E-state index contributed by atoms with van der Waals surface area (Å²) in [4.78, 5) is 15.3. The molecule has 4 heteroatoms. The Morgan fingerprint density at radius 3 is 2.68 bits per heavy atom. The zero-order valence-corrected chi connectivity index (χ0v) is 18.1. The second kappa shape index (κ2) is 7.85. The van der Waals surface area contributed by atoms with Gasteiger partial charge in [0.05, 0.1) is 26.4 Å². The molecule has 0 spiro atoms. The predicted molar refractivity (Wildman–Crippen MR) is 111 cm³/mol. The van der Waals surface area contributed by atoms with Crippen LogP contribution in [0.2, 0.25) is 0 Å². The first-order valence-electron chi connectivity index (χ1n) is 11.2. The molecule has 4 nitrogen and oxygen atoms in total. The first-order chi connectivity index (χ1) is 13.5. The van der Waals surface area contributed by atoms with Crippen LogP contribution >= 0.6 is 0 Å². The quantitative estimate of drug-likeness (QED) is 0.669. The molecule has 0 amide bonds. The van der Waals surface area contributed by atoms with Gasteiger partial charge in [0.25, 0.3) is 0 Å². The highest BCUT2D eigenvalue weighted by Crippen LogP contribution is 2.62. The minimum atomic E-state index is -0.0278. The Morgan fingerprint density at radius 1 is 1.14 bits per heavy atom. The molecule has 1 unspecified atom stereocenters. The number of carbonyl (C=O) groups excluding carboxylic acids is 1. The van der Waals surface area contributed by atoms with Crippen molar-refractivity contribution >= 4 is 5.78 Å². The average Bonchev–Trinajstić information content (AvgIpc) is 3.03. The molecular formula is C24H37NO3. The van der Waals surface area contributed by atoms with E-state index < -0.39 is 0 Å². The normalized spacial score (nSPS) is 37.3. The number of rotatable bonds is 6. The van der Waals surface area contributed by atoms with Gasteiger partial charge in [-0.25, -0.2) is 0 Å². The smallest absolute Gasteiger partial charge is 0.139 e. The fourth-order valence-electron chi connectivity index (χ4n) is 7.09. The third-order valence-corrected chi connectivity index (χ3v) is 8.27. The van der Waals surface area contributed by atoms with Crippen molar-refractivity contribution in [2.45, 2.75) is 57.8 Å². The van der Waals surface area contributed by atoms with Gasteiger partial charge < -0.3 is 14.4 Å². The van der Waals surface area contributed by atoms with Gasteiger partial charge in [-0.15, -0.1) is 0 Å². The number of hydrogen-bond donors (Lipinski definition) is 0. The Bertz CT molecular complexity index is 679. The number of nitrogens with zero attached hydrogens (tertiary/aromatic N) is 1. The number of Topliss-reactive ketones (excluding diaryl/α,β-unsaturated/α-hetero) is 1. The van der Waals surface area contributed by atoms with Gasteiger partial charge in [0.15, 0.2) is 0 Å². The summed E-state index contributed by atoms with van der Waals surface area (Å²) in [6.07, 6.45) is 11.9. The second-order valence-electron chi connectivity index (χ2n) is 9.72. The van der Waals surface area contributed by atoms with Crippen molar-refractivity contribution in [1.82, 2.24) is 4.90 Å². The first kappa shape index (κ1) is 20.0. The van der Waals surface area contributed by atoms with Crippen LogP contribution in [0.25, 0.3) is 0 Å². The average molecular weight is 388 g/mol. The van der Waals surface area contributed by atoms with E-state index in [0.717, 1.165) is 63.0 Å². The lowest BCUT2D eigenvalue weighted by Gasteiger charge is -2.52. The maximum atomic E-state index is 13.1. The van der Waals surface area contributed by atoms with E-state index in [4.69, 9.17) is 9.47 Å². The van der Waals surface area contributed by atoms with Gasteiger partial charge >= 0.3 is 0 Å². The Morgan fingerprint density at radius 2 is 1.96 bits per heavy atom. The lowest BCUT2D eigenvalue weighted by atomic mass is 9.52. The topological polar surface area (TPSA) is 38.8 Å². The van der Waals surface area contributed by atoms with Crippen LogP contribution in [-0.4, -0.2) is 45.5 Å². The Hall–Kier alpha value is -1.29. The largest absolute Gasteiger partial charge is 0.501 e. The summed E-state index contributed by atoms with van der Waals surface area (Å²) >= 11 is 0. The van der Waals surface area contributed by atoms with E-state index in [0.29, 0.717) is 29.5 Å². The van der Waals surface area contributed by atoms with E-state index in [9.17, 15) is 4.79 Å². The molecule has 3 fully saturated rings. The fourth-order valence-corrected chi connectivity index (χ4v) is 7.09. The van der Waals surface area contributed by atoms with E-state index in [1.165, 1.54) is 12.8 Å². The third kappa shape index (κ3) is 3.22. The lowest BCUT2D eigenvalue weighted by Crippen LogP contribution is -2.47. The summed E-state index contributed by atoms with van der Waals surface area (Å²) in [5, 5.41) is 0. The van der Waals surface area contributed by atoms with Crippen LogP contribution in [0, 0.1) is 29.1 Å². The molecule has 28 heavy (non-hydrogen) atoms. The van der Waals surface area contributed by atoms with Gasteiger partial charge in [-0.2, -0.15) is 0 Å². The van der Waals surface area contributed by atoms with E-state index in [2.05, 4.69) is 25.1 Å². The fraction of sp³-hybridized carbons (Fsp3) is 0.792. The highest BCUT2D eigenvalue weighted by molar-refractivity contribution is 5.87. The Kier molecular flexibility index (Phi) is 5.61. The maximum absolute atomic E-state index is 13.1. The molecule has 0 aromatic heterocycles. The molecule has 4 aliphatic carbocycles. The standard InChI is InChI=1S/C24H37NO3/c1-25(2)13-5-11-24-12-10-19-18(20(24)8-9-22(24)26)7-6-16-14-17(27-3)15-21(28-4)23(16)19/h14,16,18-20H,5-13,15H2,1-4H3/t16?,18-,19+,20+,24+/m1/s1. The molecule has 0 radical (unpaired) electrons. The monoisotopic (exact) mass is 387 g/mol. The van der Waals surface area contributed by atoms with Crippen LogP contribution in [0.5, 0.6) is 0 Å². The zero-order chi connectivity index (χ0) is 19.9. The lowest BCUT2D eigenvalue weighted by molar-refractivity contribution is -0.132. The second-order valence-corrected chi connectivity index (χ2v) is 9.72. The van der Waals surface area contributed by atoms with Gasteiger partial charge in [-0.05, 0) is 95.0 Å². The van der Waals surface area contributed by atoms with Crippen LogP contribution in [0.4, 0.5) is 0 Å². The summed E-state index contributed by atoms with van der Waals surface area (Å²) in [6.45, 7) is 1.08. The van der Waals surface area contributed by atoms with E-state index >= 15 is 0 Å². The molecule has 0 aromatic carbocycles. The molecule has 0 saturated heterocycles. The van der Waals surface area contributed by atoms with Crippen molar-refractivity contribution in [2.24, 2.45) is 29.1 Å². The molecule has 4 rings (SSSR count).